The molecule has 4 rings (SSSR count). The maximum atomic E-state index is 12.2. The average Bonchev–Trinajstić information content (AvgIpc) is 3.12. The van der Waals surface area contributed by atoms with E-state index in [0.717, 1.165) is 10.2 Å². The van der Waals surface area contributed by atoms with Crippen LogP contribution in [0, 0.1) is 0 Å². The third-order valence-electron chi connectivity index (χ3n) is 4.10. The van der Waals surface area contributed by atoms with Crippen molar-refractivity contribution in [1.82, 2.24) is 20.7 Å². The van der Waals surface area contributed by atoms with Gasteiger partial charge in [0.1, 0.15) is 5.84 Å². The predicted octanol–water partition coefficient (Wildman–Crippen LogP) is 0.353. The van der Waals surface area contributed by atoms with Crippen LogP contribution >= 0.6 is 11.3 Å². The number of carbonyl (C=O) groups excluding carboxylic acids is 2. The summed E-state index contributed by atoms with van der Waals surface area (Å²) in [5.41, 5.74) is 5.76. The van der Waals surface area contributed by atoms with Crippen molar-refractivity contribution < 1.29 is 18.0 Å². The molecule has 0 saturated heterocycles. The number of nitrogens with zero attached hydrogens (tertiary/aromatic N) is 3. The van der Waals surface area contributed by atoms with Crippen molar-refractivity contribution in [3.05, 3.63) is 48.2 Å². The number of hydrogen-bond acceptors (Lipinski definition) is 8. The lowest BCUT2D eigenvalue weighted by Gasteiger charge is -2.26. The van der Waals surface area contributed by atoms with Crippen molar-refractivity contribution >= 4 is 54.4 Å². The van der Waals surface area contributed by atoms with Gasteiger partial charge >= 0.3 is 0 Å². The van der Waals surface area contributed by atoms with Gasteiger partial charge in [0.15, 0.2) is 5.13 Å². The molecule has 2 amide bonds. The topological polar surface area (TPSA) is 133 Å². The van der Waals surface area contributed by atoms with Crippen molar-refractivity contribution in [2.45, 2.75) is 0 Å². The van der Waals surface area contributed by atoms with Gasteiger partial charge in [-0.25, -0.2) is 13.4 Å². The highest BCUT2D eigenvalue weighted by molar-refractivity contribution is 7.90. The largest absolute Gasteiger partial charge is 0.352 e. The van der Waals surface area contributed by atoms with Crippen LogP contribution in [-0.4, -0.2) is 54.8 Å². The predicted molar refractivity (Wildman–Crippen MR) is 110 cm³/mol. The van der Waals surface area contributed by atoms with Crippen LogP contribution in [0.2, 0.25) is 0 Å². The number of thiazole rings is 1. The van der Waals surface area contributed by atoms with Crippen molar-refractivity contribution in [1.29, 1.82) is 0 Å². The lowest BCUT2D eigenvalue weighted by atomic mass is 10.2. The molecule has 3 N–H and O–H groups in total. The summed E-state index contributed by atoms with van der Waals surface area (Å²) in [5, 5.41) is 3.53. The van der Waals surface area contributed by atoms with Crippen molar-refractivity contribution in [3.8, 4) is 0 Å². The molecule has 0 saturated carbocycles. The third-order valence-corrected chi connectivity index (χ3v) is 6.25. The summed E-state index contributed by atoms with van der Waals surface area (Å²) in [6.07, 6.45) is 4.38. The van der Waals surface area contributed by atoms with Crippen LogP contribution in [0.1, 0.15) is 0 Å². The van der Waals surface area contributed by atoms with Crippen LogP contribution in [-0.2, 0) is 19.6 Å². The van der Waals surface area contributed by atoms with E-state index in [-0.39, 0.29) is 30.3 Å². The van der Waals surface area contributed by atoms with Gasteiger partial charge in [0.25, 0.3) is 21.8 Å². The molecule has 0 unspecified atom stereocenters. The van der Waals surface area contributed by atoms with E-state index in [9.17, 15) is 18.0 Å². The maximum Gasteiger partial charge on any atom is 0.271 e. The maximum absolute atomic E-state index is 12.2. The summed E-state index contributed by atoms with van der Waals surface area (Å²) in [4.78, 5) is 30.1. The highest BCUT2D eigenvalue weighted by Crippen LogP contribution is 2.25. The minimum Gasteiger partial charge on any atom is -0.352 e. The van der Waals surface area contributed by atoms with E-state index in [2.05, 4.69) is 25.6 Å². The number of amidine groups is 1. The summed E-state index contributed by atoms with van der Waals surface area (Å²) in [6, 6.07) is 7.63. The van der Waals surface area contributed by atoms with Gasteiger partial charge in [0.2, 0.25) is 0 Å². The van der Waals surface area contributed by atoms with Gasteiger partial charge in [-0.2, -0.15) is 0 Å². The van der Waals surface area contributed by atoms with E-state index in [0.29, 0.717) is 5.13 Å². The van der Waals surface area contributed by atoms with Crippen molar-refractivity contribution in [2.75, 3.05) is 24.2 Å². The smallest absolute Gasteiger partial charge is 0.271 e. The summed E-state index contributed by atoms with van der Waals surface area (Å²) in [5.74, 6) is -0.826. The molecule has 2 aliphatic rings. The Hall–Kier alpha value is -3.25. The Kier molecular flexibility index (Phi) is 5.03. The number of hydrogen-bond donors (Lipinski definition) is 3. The van der Waals surface area contributed by atoms with E-state index in [1.807, 2.05) is 24.3 Å². The standard InChI is InChI=1S/C17H16N6O4S2/c24-15(9-18-17-19-12-3-1-2-4-13(12)28-17)20-21-16(25)11-5-6-14-22-29(26,27)8-7-23(14)10-11/h1-6,10H,7-9H2,(H,18,19)(H,20,24)(H,21,25). The third kappa shape index (κ3) is 4.43. The Balaban J connectivity index is 1.29. The second-order valence-electron chi connectivity index (χ2n) is 6.19. The number of aromatic nitrogens is 1. The van der Waals surface area contributed by atoms with Crippen LogP contribution in [0.25, 0.3) is 10.2 Å². The van der Waals surface area contributed by atoms with Crippen LogP contribution < -0.4 is 16.2 Å². The molecule has 0 bridgehead atoms. The van der Waals surface area contributed by atoms with Crippen molar-refractivity contribution in [2.24, 2.45) is 4.40 Å². The average molecular weight is 432 g/mol. The Morgan fingerprint density at radius 1 is 1.17 bits per heavy atom. The molecule has 0 aliphatic carbocycles. The molecule has 150 valence electrons. The summed E-state index contributed by atoms with van der Waals surface area (Å²) >= 11 is 1.43. The van der Waals surface area contributed by atoms with E-state index in [1.54, 1.807) is 4.90 Å². The fourth-order valence-electron chi connectivity index (χ4n) is 2.68. The number of amides is 2. The molecule has 0 atom stereocenters. The second-order valence-corrected chi connectivity index (χ2v) is 8.97. The molecule has 0 radical (unpaired) electrons. The molecule has 3 heterocycles. The van der Waals surface area contributed by atoms with Gasteiger partial charge in [0.05, 0.1) is 28.1 Å². The second kappa shape index (κ2) is 7.64. The van der Waals surface area contributed by atoms with E-state index < -0.39 is 21.8 Å². The molecule has 10 nitrogen and oxygen atoms in total. The SMILES string of the molecule is O=C(CNc1nc2ccccc2s1)NNC(=O)C1=CN2CCS(=O)(=O)N=C2C=C1. The Bertz CT molecular complexity index is 1150. The fraction of sp³-hybridized carbons (Fsp3) is 0.176. The highest BCUT2D eigenvalue weighted by atomic mass is 32.2. The van der Waals surface area contributed by atoms with Crippen molar-refractivity contribution in [3.63, 3.8) is 0 Å². The first-order chi connectivity index (χ1) is 13.9. The normalized spacial score (nSPS) is 17.2. The van der Waals surface area contributed by atoms with Crippen LogP contribution in [0.4, 0.5) is 5.13 Å². The summed E-state index contributed by atoms with van der Waals surface area (Å²) in [7, 11) is -3.45. The summed E-state index contributed by atoms with van der Waals surface area (Å²) < 4.78 is 27.7. The first-order valence-corrected chi connectivity index (χ1v) is 11.0. The van der Waals surface area contributed by atoms with Crippen LogP contribution in [0.15, 0.2) is 52.6 Å². The van der Waals surface area contributed by atoms with Gasteiger partial charge in [-0.1, -0.05) is 23.5 Å². The van der Waals surface area contributed by atoms with Crippen LogP contribution in [0.3, 0.4) is 0 Å². The van der Waals surface area contributed by atoms with Gasteiger partial charge in [0, 0.05) is 12.7 Å². The first-order valence-electron chi connectivity index (χ1n) is 8.57. The first kappa shape index (κ1) is 19.1. The number of anilines is 1. The molecule has 0 fully saturated rings. The number of rotatable bonds is 4. The zero-order chi connectivity index (χ0) is 20.4. The van der Waals surface area contributed by atoms with E-state index >= 15 is 0 Å². The number of para-hydroxylation sites is 1. The molecule has 2 aliphatic heterocycles. The Morgan fingerprint density at radius 2 is 2.00 bits per heavy atom. The van der Waals surface area contributed by atoms with Gasteiger partial charge < -0.3 is 10.2 Å². The summed E-state index contributed by atoms with van der Waals surface area (Å²) in [6.45, 7) is 0.149. The monoisotopic (exact) mass is 432 g/mol. The number of benzene rings is 1. The van der Waals surface area contributed by atoms with Gasteiger partial charge in [-0.15, -0.1) is 4.40 Å². The lowest BCUT2D eigenvalue weighted by Crippen LogP contribution is -2.45. The number of nitrogens with one attached hydrogen (secondary N) is 3. The quantitative estimate of drug-likeness (QED) is 0.594. The molecule has 0 spiro atoms. The molecule has 2 aromatic rings. The molecule has 1 aromatic heterocycles. The number of hydrazine groups is 1. The molecule has 1 aromatic carbocycles. The Labute approximate surface area is 170 Å². The van der Waals surface area contributed by atoms with E-state index in [4.69, 9.17) is 0 Å². The number of carbonyl (C=O) groups is 2. The highest BCUT2D eigenvalue weighted by Gasteiger charge is 2.25. The van der Waals surface area contributed by atoms with Gasteiger partial charge in [-0.3, -0.25) is 20.4 Å². The zero-order valence-corrected chi connectivity index (χ0v) is 16.6. The van der Waals surface area contributed by atoms with Gasteiger partial charge in [-0.05, 0) is 24.3 Å². The minimum atomic E-state index is -3.45. The molecule has 12 heteroatoms. The lowest BCUT2D eigenvalue weighted by molar-refractivity contribution is -0.125. The van der Waals surface area contributed by atoms with E-state index in [1.165, 1.54) is 29.7 Å². The zero-order valence-electron chi connectivity index (χ0n) is 15.0. The van der Waals surface area contributed by atoms with Crippen LogP contribution in [0.5, 0.6) is 0 Å². The molecular weight excluding hydrogens is 416 g/mol. The Morgan fingerprint density at radius 3 is 2.83 bits per heavy atom. The molecular formula is C17H16N6O4S2. The number of fused-ring (bicyclic) bond motifs is 2. The minimum absolute atomic E-state index is 0.0597. The number of sulfonamides is 1. The fourth-order valence-corrected chi connectivity index (χ4v) is 4.51. The molecule has 29 heavy (non-hydrogen) atoms.